The molecule has 0 aromatic carbocycles. The van der Waals surface area contributed by atoms with Crippen molar-refractivity contribution < 1.29 is 4.39 Å². The Morgan fingerprint density at radius 2 is 2.20 bits per heavy atom. The molecule has 0 saturated carbocycles. The molecule has 0 amide bonds. The third-order valence-electron chi connectivity index (χ3n) is 3.85. The lowest BCUT2D eigenvalue weighted by atomic mass is 10.0. The van der Waals surface area contributed by atoms with Crippen molar-refractivity contribution in [2.45, 2.75) is 19.5 Å². The smallest absolute Gasteiger partial charge is 0.224 e. The SMILES string of the molecule is CC(C)(F)CNc1ncc2c(n1)NCC=C2c1ccc2nccn2n1. The van der Waals surface area contributed by atoms with Gasteiger partial charge in [0, 0.05) is 36.3 Å². The molecule has 1 aliphatic rings. The minimum absolute atomic E-state index is 0.146. The van der Waals surface area contributed by atoms with Gasteiger partial charge in [-0.25, -0.2) is 18.9 Å². The zero-order chi connectivity index (χ0) is 17.4. The average Bonchev–Trinajstić information content (AvgIpc) is 3.06. The van der Waals surface area contributed by atoms with E-state index < -0.39 is 5.67 Å². The lowest BCUT2D eigenvalue weighted by Gasteiger charge is -2.20. The normalized spacial score (nSPS) is 14.0. The van der Waals surface area contributed by atoms with Gasteiger partial charge in [-0.05, 0) is 26.0 Å². The third kappa shape index (κ3) is 3.15. The molecular formula is C17H18FN7. The van der Waals surface area contributed by atoms with Crippen molar-refractivity contribution in [3.63, 3.8) is 0 Å². The van der Waals surface area contributed by atoms with E-state index in [1.165, 1.54) is 13.8 Å². The summed E-state index contributed by atoms with van der Waals surface area (Å²) in [6, 6.07) is 3.85. The summed E-state index contributed by atoms with van der Waals surface area (Å²) in [6.45, 7) is 3.80. The molecule has 7 nitrogen and oxygen atoms in total. The lowest BCUT2D eigenvalue weighted by molar-refractivity contribution is 0.234. The Bertz CT molecular complexity index is 955. The van der Waals surface area contributed by atoms with E-state index in [1.54, 1.807) is 16.9 Å². The molecule has 1 aliphatic heterocycles. The summed E-state index contributed by atoms with van der Waals surface area (Å²) in [6.07, 6.45) is 7.30. The van der Waals surface area contributed by atoms with Crippen LogP contribution in [0.2, 0.25) is 0 Å². The molecule has 0 saturated heterocycles. The molecule has 0 radical (unpaired) electrons. The summed E-state index contributed by atoms with van der Waals surface area (Å²) in [4.78, 5) is 13.0. The number of imidazole rings is 1. The fourth-order valence-electron chi connectivity index (χ4n) is 2.65. The number of nitrogens with one attached hydrogen (secondary N) is 2. The van der Waals surface area contributed by atoms with Crippen molar-refractivity contribution in [2.24, 2.45) is 0 Å². The van der Waals surface area contributed by atoms with Crippen LogP contribution < -0.4 is 10.6 Å². The summed E-state index contributed by atoms with van der Waals surface area (Å²) in [7, 11) is 0. The molecular weight excluding hydrogens is 321 g/mol. The Labute approximate surface area is 144 Å². The van der Waals surface area contributed by atoms with Gasteiger partial charge < -0.3 is 10.6 Å². The number of nitrogens with zero attached hydrogens (tertiary/aromatic N) is 5. The molecule has 4 rings (SSSR count). The fourth-order valence-corrected chi connectivity index (χ4v) is 2.65. The zero-order valence-electron chi connectivity index (χ0n) is 14.0. The molecule has 2 N–H and O–H groups in total. The Hall–Kier alpha value is -3.03. The van der Waals surface area contributed by atoms with Crippen LogP contribution in [0, 0.1) is 0 Å². The van der Waals surface area contributed by atoms with Crippen molar-refractivity contribution in [1.29, 1.82) is 0 Å². The maximum Gasteiger partial charge on any atom is 0.224 e. The molecule has 0 atom stereocenters. The Kier molecular flexibility index (Phi) is 3.60. The molecule has 4 heterocycles. The number of hydrogen-bond acceptors (Lipinski definition) is 6. The van der Waals surface area contributed by atoms with Crippen LogP contribution >= 0.6 is 0 Å². The van der Waals surface area contributed by atoms with Crippen LogP contribution in [0.25, 0.3) is 11.2 Å². The van der Waals surface area contributed by atoms with E-state index in [1.807, 2.05) is 18.3 Å². The Balaban J connectivity index is 1.65. The Morgan fingerprint density at radius 3 is 3.04 bits per heavy atom. The minimum atomic E-state index is -1.33. The van der Waals surface area contributed by atoms with Crippen LogP contribution in [-0.2, 0) is 0 Å². The average molecular weight is 339 g/mol. The molecule has 0 bridgehead atoms. The predicted octanol–water partition coefficient (Wildman–Crippen LogP) is 2.54. The second-order valence-corrected chi connectivity index (χ2v) is 6.48. The van der Waals surface area contributed by atoms with E-state index in [0.717, 1.165) is 22.5 Å². The summed E-state index contributed by atoms with van der Waals surface area (Å²) < 4.78 is 15.4. The molecule has 0 spiro atoms. The number of halogens is 1. The van der Waals surface area contributed by atoms with Crippen molar-refractivity contribution in [3.05, 3.63) is 48.1 Å². The first-order chi connectivity index (χ1) is 12.0. The molecule has 3 aromatic heterocycles. The van der Waals surface area contributed by atoms with Crippen LogP contribution in [0.15, 0.2) is 36.8 Å². The van der Waals surface area contributed by atoms with Gasteiger partial charge in [-0.1, -0.05) is 6.08 Å². The zero-order valence-corrected chi connectivity index (χ0v) is 14.0. The highest BCUT2D eigenvalue weighted by Gasteiger charge is 2.20. The first-order valence-corrected chi connectivity index (χ1v) is 8.05. The molecule has 128 valence electrons. The standard InChI is InChI=1S/C17H18FN7/c1-17(2,18)10-22-16-21-9-12-11(5-6-20-15(12)23-16)13-3-4-14-19-7-8-25(14)24-13/h3-5,7-9H,6,10H2,1-2H3,(H2,20,21,22,23). The quantitative estimate of drug-likeness (QED) is 0.760. The van der Waals surface area contributed by atoms with Crippen LogP contribution in [0.4, 0.5) is 16.2 Å². The van der Waals surface area contributed by atoms with Crippen molar-refractivity contribution in [1.82, 2.24) is 24.6 Å². The van der Waals surface area contributed by atoms with E-state index in [9.17, 15) is 4.39 Å². The van der Waals surface area contributed by atoms with Gasteiger partial charge in [0.2, 0.25) is 5.95 Å². The van der Waals surface area contributed by atoms with E-state index in [0.29, 0.717) is 18.3 Å². The van der Waals surface area contributed by atoms with Crippen LogP contribution in [-0.4, -0.2) is 43.3 Å². The van der Waals surface area contributed by atoms with Crippen molar-refractivity contribution in [2.75, 3.05) is 23.7 Å². The second kappa shape index (κ2) is 5.80. The molecule has 25 heavy (non-hydrogen) atoms. The molecule has 0 fully saturated rings. The molecule has 3 aromatic rings. The number of alkyl halides is 1. The predicted molar refractivity (Wildman–Crippen MR) is 94.3 cm³/mol. The summed E-state index contributed by atoms with van der Waals surface area (Å²) in [5.74, 6) is 1.11. The number of hydrogen-bond donors (Lipinski definition) is 2. The third-order valence-corrected chi connectivity index (χ3v) is 3.85. The van der Waals surface area contributed by atoms with Gasteiger partial charge in [-0.15, -0.1) is 0 Å². The highest BCUT2D eigenvalue weighted by molar-refractivity contribution is 5.85. The van der Waals surface area contributed by atoms with E-state index in [4.69, 9.17) is 0 Å². The molecule has 0 unspecified atom stereocenters. The maximum atomic E-state index is 13.6. The van der Waals surface area contributed by atoms with E-state index >= 15 is 0 Å². The van der Waals surface area contributed by atoms with E-state index in [-0.39, 0.29) is 6.54 Å². The van der Waals surface area contributed by atoms with Crippen LogP contribution in [0.5, 0.6) is 0 Å². The monoisotopic (exact) mass is 339 g/mol. The summed E-state index contributed by atoms with van der Waals surface area (Å²) >= 11 is 0. The first kappa shape index (κ1) is 15.5. The van der Waals surface area contributed by atoms with Gasteiger partial charge in [0.1, 0.15) is 11.5 Å². The van der Waals surface area contributed by atoms with Gasteiger partial charge in [0.05, 0.1) is 12.2 Å². The lowest BCUT2D eigenvalue weighted by Crippen LogP contribution is -2.25. The largest absolute Gasteiger partial charge is 0.366 e. The fraction of sp³-hybridized carbons (Fsp3) is 0.294. The summed E-state index contributed by atoms with van der Waals surface area (Å²) in [5, 5.41) is 10.7. The Morgan fingerprint density at radius 1 is 1.32 bits per heavy atom. The van der Waals surface area contributed by atoms with Crippen molar-refractivity contribution in [3.8, 4) is 0 Å². The number of rotatable bonds is 4. The van der Waals surface area contributed by atoms with Crippen molar-refractivity contribution >= 4 is 23.0 Å². The topological polar surface area (TPSA) is 80.0 Å². The van der Waals surface area contributed by atoms with Gasteiger partial charge in [0.15, 0.2) is 5.65 Å². The number of anilines is 2. The minimum Gasteiger partial charge on any atom is -0.366 e. The van der Waals surface area contributed by atoms with E-state index in [2.05, 4.69) is 36.8 Å². The van der Waals surface area contributed by atoms with Gasteiger partial charge in [0.25, 0.3) is 0 Å². The second-order valence-electron chi connectivity index (χ2n) is 6.48. The van der Waals surface area contributed by atoms with Gasteiger partial charge in [-0.3, -0.25) is 0 Å². The maximum absolute atomic E-state index is 13.6. The summed E-state index contributed by atoms with van der Waals surface area (Å²) in [5.41, 5.74) is 2.11. The van der Waals surface area contributed by atoms with Gasteiger partial charge in [-0.2, -0.15) is 10.1 Å². The molecule has 8 heteroatoms. The molecule has 0 aliphatic carbocycles. The van der Waals surface area contributed by atoms with Gasteiger partial charge >= 0.3 is 0 Å². The number of fused-ring (bicyclic) bond motifs is 2. The highest BCUT2D eigenvalue weighted by Crippen LogP contribution is 2.30. The number of aromatic nitrogens is 5. The van der Waals surface area contributed by atoms with Crippen LogP contribution in [0.1, 0.15) is 25.1 Å². The highest BCUT2D eigenvalue weighted by atomic mass is 19.1. The van der Waals surface area contributed by atoms with Crippen LogP contribution in [0.3, 0.4) is 0 Å². The first-order valence-electron chi connectivity index (χ1n) is 8.05.